The summed E-state index contributed by atoms with van der Waals surface area (Å²) < 4.78 is 16.2. The maximum absolute atomic E-state index is 13.3. The molecule has 4 heterocycles. The Bertz CT molecular complexity index is 1290. The molecule has 9 nitrogen and oxygen atoms in total. The first kappa shape index (κ1) is 18.2. The molecule has 0 saturated heterocycles. The number of carbonyl (C=O) groups excluding carboxylic acids is 2. The number of nitrogens with one attached hydrogen (secondary N) is 1. The summed E-state index contributed by atoms with van der Waals surface area (Å²) in [5, 5.41) is 13.0. The molecule has 0 radical (unpaired) electrons. The quantitative estimate of drug-likeness (QED) is 0.633. The maximum Gasteiger partial charge on any atom is 0.350 e. The van der Waals surface area contributed by atoms with E-state index in [0.717, 1.165) is 16.9 Å². The van der Waals surface area contributed by atoms with Crippen molar-refractivity contribution in [2.24, 2.45) is 0 Å². The van der Waals surface area contributed by atoms with Gasteiger partial charge in [0.15, 0.2) is 11.5 Å². The molecule has 10 heteroatoms. The second kappa shape index (κ2) is 6.60. The second-order valence-electron chi connectivity index (χ2n) is 6.57. The highest BCUT2D eigenvalue weighted by Gasteiger charge is 2.38. The third kappa shape index (κ3) is 2.42. The minimum absolute atomic E-state index is 0.0365. The van der Waals surface area contributed by atoms with Crippen molar-refractivity contribution in [1.29, 1.82) is 5.26 Å². The van der Waals surface area contributed by atoms with Crippen LogP contribution in [-0.4, -0.2) is 30.4 Å². The summed E-state index contributed by atoms with van der Waals surface area (Å²) in [5.41, 5.74) is 2.08. The molecule has 0 aliphatic carbocycles. The van der Waals surface area contributed by atoms with Crippen LogP contribution in [0.3, 0.4) is 0 Å². The predicted molar refractivity (Wildman–Crippen MR) is 109 cm³/mol. The molecule has 1 N–H and O–H groups in total. The highest BCUT2D eigenvalue weighted by atomic mass is 32.1. The number of esters is 1. The van der Waals surface area contributed by atoms with Gasteiger partial charge in [-0.05, 0) is 25.5 Å². The molecular formula is C20H14N4O5S. The van der Waals surface area contributed by atoms with Crippen LogP contribution in [0.4, 0.5) is 21.9 Å². The molecule has 2 aliphatic heterocycles. The minimum Gasteiger partial charge on any atom is -0.462 e. The van der Waals surface area contributed by atoms with Crippen LogP contribution in [-0.2, 0) is 4.74 Å². The number of nitriles is 1. The molecule has 2 aliphatic rings. The molecule has 2 amide bonds. The number of pyridine rings is 1. The maximum atomic E-state index is 13.3. The Morgan fingerprint density at radius 3 is 3.00 bits per heavy atom. The number of anilines is 3. The monoisotopic (exact) mass is 422 g/mol. The fourth-order valence-corrected chi connectivity index (χ4v) is 4.63. The van der Waals surface area contributed by atoms with Crippen LogP contribution >= 0.6 is 11.3 Å². The van der Waals surface area contributed by atoms with Crippen molar-refractivity contribution in [2.45, 2.75) is 13.8 Å². The normalized spacial score (nSPS) is 13.9. The number of urea groups is 1. The first-order valence-corrected chi connectivity index (χ1v) is 9.89. The third-order valence-corrected chi connectivity index (χ3v) is 5.95. The number of aryl methyl sites for hydroxylation is 1. The number of fused-ring (bicyclic) bond motifs is 1. The van der Waals surface area contributed by atoms with E-state index in [9.17, 15) is 14.9 Å². The Labute approximate surface area is 174 Å². The lowest BCUT2D eigenvalue weighted by atomic mass is 10.1. The largest absolute Gasteiger partial charge is 0.462 e. The molecule has 0 spiro atoms. The fraction of sp³-hybridized carbons (Fsp3) is 0.200. The van der Waals surface area contributed by atoms with Gasteiger partial charge in [0, 0.05) is 6.20 Å². The fourth-order valence-electron chi connectivity index (χ4n) is 3.63. The van der Waals surface area contributed by atoms with Crippen molar-refractivity contribution in [1.82, 2.24) is 4.98 Å². The second-order valence-corrected chi connectivity index (χ2v) is 7.57. The summed E-state index contributed by atoms with van der Waals surface area (Å²) in [4.78, 5) is 32.2. The van der Waals surface area contributed by atoms with Gasteiger partial charge in [-0.1, -0.05) is 6.07 Å². The molecule has 2 aromatic heterocycles. The number of nitrogens with zero attached hydrogens (tertiary/aromatic N) is 3. The average molecular weight is 422 g/mol. The van der Waals surface area contributed by atoms with Gasteiger partial charge in [0.1, 0.15) is 15.8 Å². The standard InChI is InChI=1S/C20H14N4O5S/c1-3-27-19(25)17-13-12-15(10(6-21)7-22-18(12)30-17)24(20(26)23-13)14-9(2)4-5-11-16(14)29-8-28-11/h4-5,7H,3,8H2,1-2H3,(H,23,26). The summed E-state index contributed by atoms with van der Waals surface area (Å²) in [6.45, 7) is 3.77. The van der Waals surface area contributed by atoms with E-state index in [1.54, 1.807) is 13.0 Å². The van der Waals surface area contributed by atoms with Gasteiger partial charge in [-0.2, -0.15) is 5.26 Å². The number of benzene rings is 1. The topological polar surface area (TPSA) is 114 Å². The number of carbonyl (C=O) groups is 2. The van der Waals surface area contributed by atoms with Crippen LogP contribution in [0, 0.1) is 18.3 Å². The summed E-state index contributed by atoms with van der Waals surface area (Å²) in [6.07, 6.45) is 1.40. The molecule has 1 aromatic carbocycles. The summed E-state index contributed by atoms with van der Waals surface area (Å²) in [5.74, 6) is 0.376. The van der Waals surface area contributed by atoms with Crippen LogP contribution in [0.5, 0.6) is 11.5 Å². The number of thiophene rings is 1. The highest BCUT2D eigenvalue weighted by Crippen LogP contribution is 2.52. The molecule has 0 saturated carbocycles. The van der Waals surface area contributed by atoms with Gasteiger partial charge < -0.3 is 19.5 Å². The molecule has 150 valence electrons. The van der Waals surface area contributed by atoms with E-state index in [4.69, 9.17) is 14.2 Å². The molecule has 0 atom stereocenters. The molecule has 3 aromatic rings. The Morgan fingerprint density at radius 2 is 2.23 bits per heavy atom. The van der Waals surface area contributed by atoms with Crippen LogP contribution in [0.15, 0.2) is 18.3 Å². The zero-order valence-electron chi connectivity index (χ0n) is 15.9. The Kier molecular flexibility index (Phi) is 4.01. The molecular weight excluding hydrogens is 408 g/mol. The van der Waals surface area contributed by atoms with Crippen LogP contribution in [0.1, 0.15) is 27.7 Å². The van der Waals surface area contributed by atoms with Crippen molar-refractivity contribution in [3.05, 3.63) is 34.3 Å². The SMILES string of the molecule is CCOC(=O)c1sc2ncc(C#N)c3c2c1NC(=O)N3c1c(C)ccc2c1OCO2. The summed E-state index contributed by atoms with van der Waals surface area (Å²) in [7, 11) is 0. The number of hydrogen-bond acceptors (Lipinski definition) is 8. The van der Waals surface area contributed by atoms with Crippen molar-refractivity contribution in [3.8, 4) is 17.6 Å². The molecule has 0 bridgehead atoms. The van der Waals surface area contributed by atoms with E-state index in [-0.39, 0.29) is 23.8 Å². The molecule has 0 unspecified atom stereocenters. The van der Waals surface area contributed by atoms with Crippen LogP contribution < -0.4 is 19.7 Å². The molecule has 5 rings (SSSR count). The first-order valence-electron chi connectivity index (χ1n) is 9.08. The minimum atomic E-state index is -0.553. The zero-order chi connectivity index (χ0) is 21.0. The van der Waals surface area contributed by atoms with E-state index in [1.165, 1.54) is 11.1 Å². The van der Waals surface area contributed by atoms with Gasteiger partial charge in [0.25, 0.3) is 0 Å². The van der Waals surface area contributed by atoms with Crippen molar-refractivity contribution < 1.29 is 23.8 Å². The predicted octanol–water partition coefficient (Wildman–Crippen LogP) is 4.07. The number of rotatable bonds is 3. The van der Waals surface area contributed by atoms with Crippen LogP contribution in [0.25, 0.3) is 10.2 Å². The van der Waals surface area contributed by atoms with Gasteiger partial charge in [0.2, 0.25) is 6.79 Å². The zero-order valence-corrected chi connectivity index (χ0v) is 16.8. The lowest BCUT2D eigenvalue weighted by Crippen LogP contribution is -2.35. The van der Waals surface area contributed by atoms with E-state index in [1.807, 2.05) is 13.0 Å². The molecule has 30 heavy (non-hydrogen) atoms. The number of hydrogen-bond donors (Lipinski definition) is 1. The Hall–Kier alpha value is -3.84. The van der Waals surface area contributed by atoms with Gasteiger partial charge in [-0.25, -0.2) is 14.6 Å². The van der Waals surface area contributed by atoms with E-state index >= 15 is 0 Å². The van der Waals surface area contributed by atoms with Crippen molar-refractivity contribution in [2.75, 3.05) is 23.6 Å². The van der Waals surface area contributed by atoms with Crippen molar-refractivity contribution >= 4 is 50.6 Å². The van der Waals surface area contributed by atoms with Crippen LogP contribution in [0.2, 0.25) is 0 Å². The van der Waals surface area contributed by atoms with Gasteiger partial charge in [0.05, 0.1) is 34.6 Å². The van der Waals surface area contributed by atoms with Gasteiger partial charge >= 0.3 is 12.0 Å². The number of amides is 2. The summed E-state index contributed by atoms with van der Waals surface area (Å²) >= 11 is 1.11. The van der Waals surface area contributed by atoms with Gasteiger partial charge in [-0.3, -0.25) is 4.90 Å². The van der Waals surface area contributed by atoms with E-state index in [2.05, 4.69) is 16.4 Å². The average Bonchev–Trinajstić information content (AvgIpc) is 3.35. The third-order valence-electron chi connectivity index (χ3n) is 4.87. The lowest BCUT2D eigenvalue weighted by molar-refractivity contribution is 0.0533. The van der Waals surface area contributed by atoms with Crippen molar-refractivity contribution in [3.63, 3.8) is 0 Å². The van der Waals surface area contributed by atoms with Gasteiger partial charge in [-0.15, -0.1) is 11.3 Å². The van der Waals surface area contributed by atoms with E-state index in [0.29, 0.717) is 38.8 Å². The first-order chi connectivity index (χ1) is 14.5. The smallest absolute Gasteiger partial charge is 0.350 e. The highest BCUT2D eigenvalue weighted by molar-refractivity contribution is 7.21. The number of aromatic nitrogens is 1. The Balaban J connectivity index is 1.83. The lowest BCUT2D eigenvalue weighted by Gasteiger charge is -2.30. The van der Waals surface area contributed by atoms with E-state index < -0.39 is 12.0 Å². The number of ether oxygens (including phenoxy) is 3. The molecule has 0 fully saturated rings. The summed E-state index contributed by atoms with van der Waals surface area (Å²) in [6, 6.07) is 5.16. The Morgan fingerprint density at radius 1 is 1.40 bits per heavy atom.